The zero-order valence-corrected chi connectivity index (χ0v) is 50.5. The second-order valence-electron chi connectivity index (χ2n) is 18.5. The molecule has 84 heavy (non-hydrogen) atoms. The van der Waals surface area contributed by atoms with Gasteiger partial charge in [0.1, 0.15) is 11.5 Å². The largest absolute Gasteiger partial charge is 2.00 e. The molecule has 4 N–H and O–H groups in total. The molecule has 0 radical (unpaired) electrons. The molecule has 0 fully saturated rings. The van der Waals surface area contributed by atoms with Crippen LogP contribution < -0.4 is 41.0 Å². The minimum absolute atomic E-state index is 0. The Labute approximate surface area is 516 Å². The summed E-state index contributed by atoms with van der Waals surface area (Å²) in [7, 11) is 2.95. The summed E-state index contributed by atoms with van der Waals surface area (Å²) in [5.74, 6) is -2.63. The van der Waals surface area contributed by atoms with Crippen LogP contribution in [0.5, 0.6) is 23.0 Å². The first-order valence-corrected chi connectivity index (χ1v) is 28.3. The molecule has 0 aliphatic carbocycles. The number of nitrogens with one attached hydrogen (secondary N) is 4. The number of amides is 4. The van der Waals surface area contributed by atoms with Gasteiger partial charge in [-0.25, -0.2) is 0 Å². The summed E-state index contributed by atoms with van der Waals surface area (Å²) in [6.07, 6.45) is 12.9. The maximum Gasteiger partial charge on any atom is 2.00 e. The second kappa shape index (κ2) is 36.4. The van der Waals surface area contributed by atoms with E-state index in [1.54, 1.807) is 127 Å². The number of nitrogens with zero attached hydrogens (tertiary/aromatic N) is 3. The Kier molecular flexibility index (Phi) is 29.6. The summed E-state index contributed by atoms with van der Waals surface area (Å²) in [6, 6.07) is 41.8. The first kappa shape index (κ1) is 68.3. The molecule has 0 bridgehead atoms. The third kappa shape index (κ3) is 20.6. The summed E-state index contributed by atoms with van der Waals surface area (Å²) in [5.41, 5.74) is 4.95. The van der Waals surface area contributed by atoms with Gasteiger partial charge >= 0.3 is 16.5 Å². The van der Waals surface area contributed by atoms with Crippen molar-refractivity contribution in [3.8, 4) is 29.1 Å². The molecule has 0 aromatic heterocycles. The van der Waals surface area contributed by atoms with Crippen LogP contribution in [0, 0.1) is 11.3 Å². The second-order valence-corrected chi connectivity index (χ2v) is 20.5. The number of methoxy groups -OCH3 is 2. The fourth-order valence-electron chi connectivity index (χ4n) is 8.59. The molecular formula is C65H66Cl3N7NiO8. The average Bonchev–Trinajstić information content (AvgIpc) is 3.50. The molecule has 0 saturated heterocycles. The summed E-state index contributed by atoms with van der Waals surface area (Å²) in [6.45, 7) is 5.78. The Morgan fingerprint density at radius 3 is 1.13 bits per heavy atom. The van der Waals surface area contributed by atoms with Crippen molar-refractivity contribution in [1.82, 2.24) is 0 Å². The number of carbonyl (C=O) groups is 4. The molecule has 0 heterocycles. The number of aryl methyl sites for hydroxylation is 2. The molecule has 0 aliphatic rings. The van der Waals surface area contributed by atoms with Crippen LogP contribution in [0.15, 0.2) is 156 Å². The van der Waals surface area contributed by atoms with Crippen molar-refractivity contribution in [3.05, 3.63) is 190 Å². The number of hydrogen-bond donors (Lipinski definition) is 4. The molecule has 0 spiro atoms. The number of carbonyl (C=O) groups excluding carboxylic acids is 4. The minimum Gasteiger partial charge on any atom is -0.871 e. The normalized spacial score (nSPS) is 10.6. The van der Waals surface area contributed by atoms with E-state index in [1.807, 2.05) is 12.1 Å². The van der Waals surface area contributed by atoms with Crippen molar-refractivity contribution in [2.24, 2.45) is 9.98 Å². The van der Waals surface area contributed by atoms with E-state index >= 15 is 0 Å². The average molecular weight is 1240 g/mol. The third-order valence-corrected chi connectivity index (χ3v) is 12.7. The molecule has 7 aromatic rings. The number of alkyl halides is 3. The Morgan fingerprint density at radius 1 is 0.512 bits per heavy atom. The van der Waals surface area contributed by atoms with Crippen LogP contribution in [0.2, 0.25) is 0 Å². The van der Waals surface area contributed by atoms with Gasteiger partial charge in [-0.3, -0.25) is 29.2 Å². The Hall–Kier alpha value is -8.19. The van der Waals surface area contributed by atoms with Crippen molar-refractivity contribution in [2.75, 3.05) is 35.5 Å². The smallest absolute Gasteiger partial charge is 0.871 e. The maximum atomic E-state index is 14.1. The van der Waals surface area contributed by atoms with E-state index in [4.69, 9.17) is 59.5 Å². The van der Waals surface area contributed by atoms with E-state index in [0.29, 0.717) is 45.4 Å². The molecule has 4 amide bonds. The number of anilines is 4. The number of unbranched alkanes of at least 4 members (excludes halogenated alkanes) is 6. The monoisotopic (exact) mass is 1240 g/mol. The fraction of sp³-hybridized carbons (Fsp3) is 0.246. The van der Waals surface area contributed by atoms with Gasteiger partial charge in [-0.15, -0.1) is 0 Å². The Bertz CT molecular complexity index is 3210. The van der Waals surface area contributed by atoms with E-state index in [9.17, 15) is 29.4 Å². The number of halogens is 3. The van der Waals surface area contributed by atoms with Gasteiger partial charge < -0.3 is 41.0 Å². The van der Waals surface area contributed by atoms with Crippen molar-refractivity contribution in [2.45, 2.75) is 89.3 Å². The minimum atomic E-state index is -0.750. The molecule has 7 rings (SSSR count). The van der Waals surface area contributed by atoms with Crippen LogP contribution in [0.3, 0.4) is 0 Å². The Balaban J connectivity index is 0.00000179. The van der Waals surface area contributed by atoms with Gasteiger partial charge in [-0.1, -0.05) is 184 Å². The van der Waals surface area contributed by atoms with Crippen LogP contribution in [-0.4, -0.2) is 54.6 Å². The van der Waals surface area contributed by atoms with Crippen molar-refractivity contribution in [1.29, 1.82) is 5.26 Å². The quantitative estimate of drug-likeness (QED) is 0.0195. The van der Waals surface area contributed by atoms with Gasteiger partial charge in [0.05, 0.1) is 65.5 Å². The van der Waals surface area contributed by atoms with Crippen LogP contribution in [-0.2, 0) is 29.3 Å². The summed E-state index contributed by atoms with van der Waals surface area (Å²) < 4.78 is 9.97. The predicted octanol–water partition coefficient (Wildman–Crippen LogP) is 15.1. The van der Waals surface area contributed by atoms with Gasteiger partial charge in [0, 0.05) is 30.5 Å². The number of hydrogen-bond acceptors (Lipinski definition) is 11. The number of nitriles is 1. The number of rotatable bonds is 24. The molecule has 440 valence electrons. The van der Waals surface area contributed by atoms with Gasteiger partial charge in [0.15, 0.2) is 4.30 Å². The predicted molar refractivity (Wildman–Crippen MR) is 332 cm³/mol. The molecule has 0 atom stereocenters. The topological polar surface area (TPSA) is 229 Å². The van der Waals surface area contributed by atoms with E-state index in [0.717, 1.165) is 75.3 Å². The first-order chi connectivity index (χ1) is 40.2. The first-order valence-electron chi connectivity index (χ1n) is 26.9. The van der Waals surface area contributed by atoms with Crippen LogP contribution >= 0.6 is 34.8 Å². The summed E-state index contributed by atoms with van der Waals surface area (Å²) in [4.78, 5) is 63.9. The van der Waals surface area contributed by atoms with Crippen molar-refractivity contribution >= 4 is 105 Å². The molecule has 7 aromatic carbocycles. The standard InChI is InChI=1S/C62H64N6O8.C2H3N.CHCl3.Ni/c1-5-7-9-11-23-41-37-53(63-39-43-25-21-29-47(57(43)69)61(73)67-51-33-17-15-31-49(51)65-59(71)45-27-13-19-35-55(45)75-3)54(38-42(41)24-12-10-8-6-2)64-40-44-26-22-30-48(58(44)70)62(74)68-52-34-18-16-32-50(52)66-60(72)46-28-14-20-36-56(46)76-4;1-2-3;2-1(3)4;/h13-22,25-40,69-70H,5-12,23-24H2,1-4H3,(H,65,71)(H,66,72)(H,67,73)(H,68,74);1H3;1H;/q;;;+2/p-2. The summed E-state index contributed by atoms with van der Waals surface area (Å²) in [5, 5.41) is 46.7. The van der Waals surface area contributed by atoms with E-state index < -0.39 is 39.4 Å². The zero-order chi connectivity index (χ0) is 60.1. The van der Waals surface area contributed by atoms with Crippen LogP contribution in [0.4, 0.5) is 34.1 Å². The number of ether oxygens (including phenoxy) is 2. The molecule has 0 saturated carbocycles. The zero-order valence-electron chi connectivity index (χ0n) is 47.2. The summed E-state index contributed by atoms with van der Waals surface area (Å²) >= 11 is 14.4. The van der Waals surface area contributed by atoms with Crippen molar-refractivity contribution in [3.63, 3.8) is 0 Å². The van der Waals surface area contributed by atoms with Gasteiger partial charge in [-0.2, -0.15) is 5.26 Å². The molecule has 19 heteroatoms. The molecule has 0 aliphatic heterocycles. The molecular weight excluding hydrogens is 1170 g/mol. The molecule has 0 unspecified atom stereocenters. The fourth-order valence-corrected chi connectivity index (χ4v) is 8.59. The van der Waals surface area contributed by atoms with E-state index in [2.05, 4.69) is 35.1 Å². The van der Waals surface area contributed by atoms with Crippen LogP contribution in [0.1, 0.15) is 136 Å². The van der Waals surface area contributed by atoms with E-state index in [-0.39, 0.29) is 50.1 Å². The van der Waals surface area contributed by atoms with Crippen LogP contribution in [0.25, 0.3) is 0 Å². The van der Waals surface area contributed by atoms with E-state index in [1.165, 1.54) is 45.7 Å². The maximum absolute atomic E-state index is 14.1. The third-order valence-electron chi connectivity index (χ3n) is 12.7. The van der Waals surface area contributed by atoms with Gasteiger partial charge in [-0.05, 0) is 109 Å². The number of aliphatic imine (C=N–C) groups is 2. The van der Waals surface area contributed by atoms with Gasteiger partial charge in [0.25, 0.3) is 23.6 Å². The molecule has 15 nitrogen and oxygen atoms in total. The van der Waals surface area contributed by atoms with Gasteiger partial charge in [0.2, 0.25) is 0 Å². The van der Waals surface area contributed by atoms with Crippen molar-refractivity contribution < 1.29 is 55.4 Å². The SMILES string of the molecule is CC#N.CCCCCCc1cc(N=Cc2cccc(C(=O)Nc3ccccc3NC(=O)c3ccccc3OC)c2[O-])c(N=Cc2cccc(C(=O)Nc3ccccc3NC(=O)c3ccccc3OC)c2[O-])cc1CCCCCC.ClC(Cl)Cl.[Ni+2]. The number of para-hydroxylation sites is 8. The Morgan fingerprint density at radius 2 is 0.810 bits per heavy atom. The number of benzene rings is 7.